The van der Waals surface area contributed by atoms with Crippen molar-refractivity contribution in [3.63, 3.8) is 0 Å². The highest BCUT2D eigenvalue weighted by atomic mass is 127. The average molecular weight is 532 g/mol. The zero-order chi connectivity index (χ0) is 21.0. The van der Waals surface area contributed by atoms with Gasteiger partial charge in [0.2, 0.25) is 5.95 Å². The summed E-state index contributed by atoms with van der Waals surface area (Å²) in [6.07, 6.45) is -0.893. The van der Waals surface area contributed by atoms with Gasteiger partial charge >= 0.3 is 6.18 Å². The number of rotatable bonds is 11. The summed E-state index contributed by atoms with van der Waals surface area (Å²) >= 11 is 0. The van der Waals surface area contributed by atoms with Crippen molar-refractivity contribution in [2.45, 2.75) is 46.2 Å². The maximum absolute atomic E-state index is 12.7. The fourth-order valence-electron chi connectivity index (χ4n) is 2.69. The maximum atomic E-state index is 12.7. The molecule has 168 valence electrons. The fourth-order valence-corrected chi connectivity index (χ4v) is 2.69. The van der Waals surface area contributed by atoms with Gasteiger partial charge in [0.15, 0.2) is 5.96 Å². The van der Waals surface area contributed by atoms with Gasteiger partial charge in [0.25, 0.3) is 0 Å². The molecule has 0 radical (unpaired) electrons. The topological polar surface area (TPSA) is 94.5 Å². The number of aromatic nitrogens is 2. The first kappa shape index (κ1) is 27.6. The SMILES string of the molecule is CCNC(=NCC(CC)(CC)CCO)NCCNc1nccc(C(F)(F)F)n1.I. The molecule has 1 aromatic rings. The highest BCUT2D eigenvalue weighted by Crippen LogP contribution is 2.30. The van der Waals surface area contributed by atoms with Gasteiger partial charge in [-0.3, -0.25) is 4.99 Å². The van der Waals surface area contributed by atoms with Crippen LogP contribution >= 0.6 is 24.0 Å². The Bertz CT molecular complexity index is 612. The molecule has 4 N–H and O–H groups in total. The minimum Gasteiger partial charge on any atom is -0.396 e. The lowest BCUT2D eigenvalue weighted by Crippen LogP contribution is -2.40. The molecule has 0 aliphatic rings. The third kappa shape index (κ3) is 9.79. The molecular weight excluding hydrogens is 500 g/mol. The molecule has 7 nitrogen and oxygen atoms in total. The molecule has 0 saturated carbocycles. The summed E-state index contributed by atoms with van der Waals surface area (Å²) < 4.78 is 38.0. The monoisotopic (exact) mass is 532 g/mol. The molecule has 0 saturated heterocycles. The molecule has 0 aliphatic carbocycles. The molecule has 0 fully saturated rings. The van der Waals surface area contributed by atoms with E-state index in [9.17, 15) is 18.3 Å². The number of aliphatic hydroxyl groups is 1. The number of hydrogen-bond donors (Lipinski definition) is 4. The second-order valence-electron chi connectivity index (χ2n) is 6.49. The van der Waals surface area contributed by atoms with E-state index in [-0.39, 0.29) is 41.9 Å². The molecule has 1 aromatic heterocycles. The van der Waals surface area contributed by atoms with Crippen molar-refractivity contribution in [3.8, 4) is 0 Å². The number of halogens is 4. The molecule has 0 aliphatic heterocycles. The zero-order valence-electron chi connectivity index (χ0n) is 17.1. The lowest BCUT2D eigenvalue weighted by molar-refractivity contribution is -0.141. The Morgan fingerprint density at radius 3 is 2.38 bits per heavy atom. The second kappa shape index (κ2) is 13.8. The van der Waals surface area contributed by atoms with Crippen LogP contribution in [0.4, 0.5) is 19.1 Å². The third-order valence-electron chi connectivity index (χ3n) is 4.71. The third-order valence-corrected chi connectivity index (χ3v) is 4.71. The van der Waals surface area contributed by atoms with Crippen LogP contribution in [0, 0.1) is 5.41 Å². The minimum absolute atomic E-state index is 0. The first-order valence-electron chi connectivity index (χ1n) is 9.57. The zero-order valence-corrected chi connectivity index (χ0v) is 19.5. The van der Waals surface area contributed by atoms with E-state index in [1.54, 1.807) is 0 Å². The second-order valence-corrected chi connectivity index (χ2v) is 6.49. The van der Waals surface area contributed by atoms with Gasteiger partial charge in [-0.15, -0.1) is 24.0 Å². The van der Waals surface area contributed by atoms with Crippen molar-refractivity contribution in [1.29, 1.82) is 0 Å². The summed E-state index contributed by atoms with van der Waals surface area (Å²) in [7, 11) is 0. The van der Waals surface area contributed by atoms with Crippen molar-refractivity contribution in [3.05, 3.63) is 18.0 Å². The number of nitrogens with one attached hydrogen (secondary N) is 3. The molecule has 0 aromatic carbocycles. The van der Waals surface area contributed by atoms with Gasteiger partial charge < -0.3 is 21.1 Å². The van der Waals surface area contributed by atoms with Gasteiger partial charge in [-0.25, -0.2) is 9.97 Å². The Morgan fingerprint density at radius 2 is 1.83 bits per heavy atom. The van der Waals surface area contributed by atoms with Crippen LogP contribution in [0.3, 0.4) is 0 Å². The number of aliphatic hydroxyl groups excluding tert-OH is 1. The number of aliphatic imine (C=N–C) groups is 1. The van der Waals surface area contributed by atoms with Crippen molar-refractivity contribution in [2.75, 3.05) is 38.1 Å². The maximum Gasteiger partial charge on any atom is 0.433 e. The van der Waals surface area contributed by atoms with E-state index in [0.29, 0.717) is 38.6 Å². The molecule has 1 rings (SSSR count). The van der Waals surface area contributed by atoms with E-state index in [0.717, 1.165) is 25.1 Å². The normalized spacial score (nSPS) is 12.3. The molecule has 11 heteroatoms. The van der Waals surface area contributed by atoms with Crippen LogP contribution in [0.25, 0.3) is 0 Å². The first-order valence-corrected chi connectivity index (χ1v) is 9.57. The largest absolute Gasteiger partial charge is 0.433 e. The standard InChI is InChI=1S/C18H31F3N6O.HI/c1-4-17(5-2,8-12-28)13-26-15(22-6-3)24-10-11-25-16-23-9-7-14(27-16)18(19,20)21;/h7,9,28H,4-6,8,10-13H2,1-3H3,(H2,22,24,26)(H,23,25,27);1H. The molecule has 1 heterocycles. The number of hydrogen-bond acceptors (Lipinski definition) is 5. The van der Waals surface area contributed by atoms with E-state index in [1.807, 2.05) is 6.92 Å². The molecule has 0 amide bonds. The van der Waals surface area contributed by atoms with Crippen molar-refractivity contribution in [1.82, 2.24) is 20.6 Å². The van der Waals surface area contributed by atoms with E-state index in [4.69, 9.17) is 0 Å². The van der Waals surface area contributed by atoms with E-state index >= 15 is 0 Å². The van der Waals surface area contributed by atoms with Gasteiger partial charge in [0.1, 0.15) is 5.69 Å². The Morgan fingerprint density at radius 1 is 1.14 bits per heavy atom. The highest BCUT2D eigenvalue weighted by molar-refractivity contribution is 14.0. The van der Waals surface area contributed by atoms with Crippen molar-refractivity contribution < 1.29 is 18.3 Å². The van der Waals surface area contributed by atoms with Gasteiger partial charge in [-0.05, 0) is 37.7 Å². The van der Waals surface area contributed by atoms with Crippen LogP contribution in [0.1, 0.15) is 45.7 Å². The summed E-state index contributed by atoms with van der Waals surface area (Å²) in [5.41, 5.74) is -1.02. The molecule has 0 bridgehead atoms. The number of alkyl halides is 3. The lowest BCUT2D eigenvalue weighted by Gasteiger charge is -2.29. The highest BCUT2D eigenvalue weighted by Gasteiger charge is 2.32. The minimum atomic E-state index is -4.50. The number of nitrogens with zero attached hydrogens (tertiary/aromatic N) is 3. The van der Waals surface area contributed by atoms with Crippen LogP contribution in [0.15, 0.2) is 17.3 Å². The lowest BCUT2D eigenvalue weighted by atomic mass is 9.79. The average Bonchev–Trinajstić information content (AvgIpc) is 2.68. The predicted molar refractivity (Wildman–Crippen MR) is 120 cm³/mol. The van der Waals surface area contributed by atoms with Crippen LogP contribution < -0.4 is 16.0 Å². The summed E-state index contributed by atoms with van der Waals surface area (Å²) in [4.78, 5) is 11.9. The summed E-state index contributed by atoms with van der Waals surface area (Å²) in [5.74, 6) is 0.552. The molecule has 0 unspecified atom stereocenters. The Labute approximate surface area is 187 Å². The summed E-state index contributed by atoms with van der Waals surface area (Å²) in [6.45, 7) is 8.28. The quantitative estimate of drug-likeness (QED) is 0.151. The van der Waals surface area contributed by atoms with Gasteiger partial charge in [0, 0.05) is 39.0 Å². The van der Waals surface area contributed by atoms with Crippen molar-refractivity contribution in [2.24, 2.45) is 10.4 Å². The van der Waals surface area contributed by atoms with Gasteiger partial charge in [-0.2, -0.15) is 13.2 Å². The van der Waals surface area contributed by atoms with E-state index < -0.39 is 11.9 Å². The Hall–Kier alpha value is -1.37. The molecule has 0 atom stereocenters. The predicted octanol–water partition coefficient (Wildman–Crippen LogP) is 3.27. The number of guanidine groups is 1. The molecular formula is C18H32F3IN6O. The molecule has 0 spiro atoms. The smallest absolute Gasteiger partial charge is 0.396 e. The number of anilines is 1. The summed E-state index contributed by atoms with van der Waals surface area (Å²) in [5, 5.41) is 18.4. The van der Waals surface area contributed by atoms with Gasteiger partial charge in [0.05, 0.1) is 0 Å². The van der Waals surface area contributed by atoms with Crippen LogP contribution in [0.5, 0.6) is 0 Å². The fraction of sp³-hybridized carbons (Fsp3) is 0.722. The summed E-state index contributed by atoms with van der Waals surface area (Å²) in [6, 6.07) is 0.833. The van der Waals surface area contributed by atoms with E-state index in [1.165, 1.54) is 0 Å². The van der Waals surface area contributed by atoms with Crippen LogP contribution in [-0.4, -0.2) is 53.8 Å². The van der Waals surface area contributed by atoms with Crippen molar-refractivity contribution >= 4 is 35.9 Å². The van der Waals surface area contributed by atoms with Gasteiger partial charge in [-0.1, -0.05) is 13.8 Å². The molecule has 29 heavy (non-hydrogen) atoms. The Balaban J connectivity index is 0.00000784. The van der Waals surface area contributed by atoms with Crippen LogP contribution in [-0.2, 0) is 6.18 Å². The van der Waals surface area contributed by atoms with E-state index in [2.05, 4.69) is 44.8 Å². The first-order chi connectivity index (χ1) is 13.3. The van der Waals surface area contributed by atoms with Crippen LogP contribution in [0.2, 0.25) is 0 Å². The Kier molecular flexibility index (Phi) is 13.1.